The Bertz CT molecular complexity index is 499. The van der Waals surface area contributed by atoms with Crippen molar-refractivity contribution < 1.29 is 9.18 Å². The molecule has 0 saturated heterocycles. The molecule has 17 heavy (non-hydrogen) atoms. The van der Waals surface area contributed by atoms with Crippen LogP contribution in [0.15, 0.2) is 35.2 Å². The average Bonchev–Trinajstić information content (AvgIpc) is 2.82. The van der Waals surface area contributed by atoms with Gasteiger partial charge in [0.1, 0.15) is 0 Å². The van der Waals surface area contributed by atoms with E-state index in [0.29, 0.717) is 6.54 Å². The average molecular weight is 250 g/mol. The van der Waals surface area contributed by atoms with E-state index in [2.05, 4.69) is 10.3 Å². The van der Waals surface area contributed by atoms with E-state index in [1.807, 2.05) is 16.8 Å². The number of thiophene rings is 1. The third-order valence-electron chi connectivity index (χ3n) is 2.28. The zero-order valence-electron chi connectivity index (χ0n) is 9.02. The van der Waals surface area contributed by atoms with Crippen LogP contribution >= 0.6 is 11.3 Å². The molecule has 2 rings (SSSR count). The number of halogens is 1. The van der Waals surface area contributed by atoms with Crippen molar-refractivity contribution in [1.82, 2.24) is 10.3 Å². The van der Waals surface area contributed by atoms with Crippen molar-refractivity contribution in [3.05, 3.63) is 52.2 Å². The summed E-state index contributed by atoms with van der Waals surface area (Å²) < 4.78 is 13.2. The highest BCUT2D eigenvalue weighted by Crippen LogP contribution is 2.06. The molecule has 2 aromatic rings. The molecule has 0 bridgehead atoms. The van der Waals surface area contributed by atoms with Gasteiger partial charge in [-0.1, -0.05) is 0 Å². The highest BCUT2D eigenvalue weighted by atomic mass is 32.1. The van der Waals surface area contributed by atoms with E-state index in [0.717, 1.165) is 6.42 Å². The van der Waals surface area contributed by atoms with E-state index in [9.17, 15) is 9.18 Å². The molecule has 0 atom stereocenters. The Morgan fingerprint density at radius 2 is 2.35 bits per heavy atom. The van der Waals surface area contributed by atoms with Crippen molar-refractivity contribution in [3.63, 3.8) is 0 Å². The van der Waals surface area contributed by atoms with Crippen molar-refractivity contribution in [2.24, 2.45) is 0 Å². The number of aromatic nitrogens is 1. The molecule has 2 heterocycles. The number of hydrogen-bond acceptors (Lipinski definition) is 3. The van der Waals surface area contributed by atoms with Crippen molar-refractivity contribution in [3.8, 4) is 0 Å². The van der Waals surface area contributed by atoms with Gasteiger partial charge in [0.2, 0.25) is 5.95 Å². The molecule has 3 nitrogen and oxygen atoms in total. The molecule has 0 spiro atoms. The molecule has 0 aliphatic heterocycles. The maximum absolute atomic E-state index is 13.2. The second-order valence-electron chi connectivity index (χ2n) is 3.48. The van der Waals surface area contributed by atoms with Crippen LogP contribution in [-0.2, 0) is 6.42 Å². The summed E-state index contributed by atoms with van der Waals surface area (Å²) in [7, 11) is 0. The fraction of sp³-hybridized carbons (Fsp3) is 0.167. The highest BCUT2D eigenvalue weighted by molar-refractivity contribution is 7.07. The van der Waals surface area contributed by atoms with Gasteiger partial charge in [0.25, 0.3) is 5.91 Å². The van der Waals surface area contributed by atoms with E-state index >= 15 is 0 Å². The summed E-state index contributed by atoms with van der Waals surface area (Å²) in [5.74, 6) is -1.16. The lowest BCUT2D eigenvalue weighted by Gasteiger charge is -2.04. The monoisotopic (exact) mass is 250 g/mol. The lowest BCUT2D eigenvalue weighted by Crippen LogP contribution is -2.26. The Kier molecular flexibility index (Phi) is 3.82. The molecule has 1 N–H and O–H groups in total. The minimum Gasteiger partial charge on any atom is -0.352 e. The molecule has 5 heteroatoms. The summed E-state index contributed by atoms with van der Waals surface area (Å²) in [6.45, 7) is 0.490. The normalized spacial score (nSPS) is 10.2. The van der Waals surface area contributed by atoms with Crippen molar-refractivity contribution >= 4 is 17.2 Å². The summed E-state index contributed by atoms with van der Waals surface area (Å²) in [5.41, 5.74) is 1.15. The van der Waals surface area contributed by atoms with E-state index < -0.39 is 11.9 Å². The van der Waals surface area contributed by atoms with Gasteiger partial charge in [0, 0.05) is 12.7 Å². The topological polar surface area (TPSA) is 42.0 Å². The lowest BCUT2D eigenvalue weighted by molar-refractivity contribution is 0.0949. The number of hydrogen-bond donors (Lipinski definition) is 1. The number of carbonyl (C=O) groups is 1. The quantitative estimate of drug-likeness (QED) is 0.846. The zero-order chi connectivity index (χ0) is 12.1. The second-order valence-corrected chi connectivity index (χ2v) is 4.26. The number of carbonyl (C=O) groups excluding carboxylic acids is 1. The van der Waals surface area contributed by atoms with Crippen LogP contribution < -0.4 is 5.32 Å². The van der Waals surface area contributed by atoms with Gasteiger partial charge in [-0.15, -0.1) is 0 Å². The first-order chi connectivity index (χ1) is 8.27. The van der Waals surface area contributed by atoms with Crippen LogP contribution in [0.3, 0.4) is 0 Å². The summed E-state index contributed by atoms with van der Waals surface area (Å²) >= 11 is 1.61. The Hall–Kier alpha value is -1.75. The predicted molar refractivity (Wildman–Crippen MR) is 64.6 cm³/mol. The molecule has 1 amide bonds. The molecule has 0 aliphatic rings. The van der Waals surface area contributed by atoms with Crippen LogP contribution in [0.5, 0.6) is 0 Å². The van der Waals surface area contributed by atoms with Crippen LogP contribution in [-0.4, -0.2) is 17.4 Å². The fourth-order valence-electron chi connectivity index (χ4n) is 1.41. The summed E-state index contributed by atoms with van der Waals surface area (Å²) in [6, 6.07) is 4.96. The smallest absolute Gasteiger partial charge is 0.255 e. The zero-order valence-corrected chi connectivity index (χ0v) is 9.84. The molecule has 0 unspecified atom stereocenters. The minimum absolute atomic E-state index is 0.0159. The second kappa shape index (κ2) is 5.54. The van der Waals surface area contributed by atoms with Gasteiger partial charge in [-0.2, -0.15) is 15.7 Å². The van der Waals surface area contributed by atoms with Crippen molar-refractivity contribution in [2.75, 3.05) is 6.54 Å². The molecule has 2 aromatic heterocycles. The third kappa shape index (κ3) is 3.10. The van der Waals surface area contributed by atoms with E-state index in [1.165, 1.54) is 23.9 Å². The standard InChI is InChI=1S/C12H11FN2OS/c13-11-10(2-1-5-14-11)12(16)15-6-3-9-4-7-17-8-9/h1-2,4-5,7-8H,3,6H2,(H,15,16). The minimum atomic E-state index is -0.736. The Morgan fingerprint density at radius 3 is 3.06 bits per heavy atom. The first kappa shape index (κ1) is 11.7. The maximum atomic E-state index is 13.2. The number of rotatable bonds is 4. The van der Waals surface area contributed by atoms with Crippen LogP contribution in [0.2, 0.25) is 0 Å². The van der Waals surface area contributed by atoms with Gasteiger partial charge in [-0.05, 0) is 40.9 Å². The first-order valence-corrected chi connectivity index (χ1v) is 6.11. The summed E-state index contributed by atoms with van der Waals surface area (Å²) in [5, 5.41) is 6.67. The molecule has 88 valence electrons. The summed E-state index contributed by atoms with van der Waals surface area (Å²) in [4.78, 5) is 15.0. The number of nitrogens with zero attached hydrogens (tertiary/aromatic N) is 1. The summed E-state index contributed by atoms with van der Waals surface area (Å²) in [6.07, 6.45) is 2.06. The van der Waals surface area contributed by atoms with Crippen LogP contribution in [0.1, 0.15) is 15.9 Å². The van der Waals surface area contributed by atoms with E-state index in [-0.39, 0.29) is 5.56 Å². The Balaban J connectivity index is 1.88. The Labute approximate surface area is 102 Å². The molecule has 0 saturated carbocycles. The maximum Gasteiger partial charge on any atom is 0.255 e. The van der Waals surface area contributed by atoms with Crippen LogP contribution in [0.4, 0.5) is 4.39 Å². The van der Waals surface area contributed by atoms with Crippen LogP contribution in [0, 0.1) is 5.95 Å². The van der Waals surface area contributed by atoms with E-state index in [1.54, 1.807) is 11.3 Å². The number of amides is 1. The Morgan fingerprint density at radius 1 is 1.47 bits per heavy atom. The van der Waals surface area contributed by atoms with Gasteiger partial charge in [0.05, 0.1) is 5.56 Å². The fourth-order valence-corrected chi connectivity index (χ4v) is 2.11. The predicted octanol–water partition coefficient (Wildman–Crippen LogP) is 2.25. The number of nitrogens with one attached hydrogen (secondary N) is 1. The molecule has 0 fully saturated rings. The molecule has 0 aromatic carbocycles. The van der Waals surface area contributed by atoms with Gasteiger partial charge >= 0.3 is 0 Å². The first-order valence-electron chi connectivity index (χ1n) is 5.17. The van der Waals surface area contributed by atoms with Gasteiger partial charge in [-0.25, -0.2) is 4.98 Å². The van der Waals surface area contributed by atoms with Gasteiger partial charge < -0.3 is 5.32 Å². The van der Waals surface area contributed by atoms with Gasteiger partial charge in [-0.3, -0.25) is 4.79 Å². The van der Waals surface area contributed by atoms with Crippen molar-refractivity contribution in [2.45, 2.75) is 6.42 Å². The van der Waals surface area contributed by atoms with Crippen molar-refractivity contribution in [1.29, 1.82) is 0 Å². The highest BCUT2D eigenvalue weighted by Gasteiger charge is 2.10. The third-order valence-corrected chi connectivity index (χ3v) is 3.02. The lowest BCUT2D eigenvalue weighted by atomic mass is 10.2. The molecule has 0 radical (unpaired) electrons. The SMILES string of the molecule is O=C(NCCc1ccsc1)c1cccnc1F. The van der Waals surface area contributed by atoms with Crippen LogP contribution in [0.25, 0.3) is 0 Å². The number of pyridine rings is 1. The molecule has 0 aliphatic carbocycles. The van der Waals surface area contributed by atoms with Gasteiger partial charge in [0.15, 0.2) is 0 Å². The largest absolute Gasteiger partial charge is 0.352 e. The molecular weight excluding hydrogens is 239 g/mol. The van der Waals surface area contributed by atoms with E-state index in [4.69, 9.17) is 0 Å². The molecular formula is C12H11FN2OS.